The van der Waals surface area contributed by atoms with E-state index in [1.165, 1.54) is 15.3 Å². The Morgan fingerprint density at radius 1 is 1.03 bits per heavy atom. The van der Waals surface area contributed by atoms with E-state index < -0.39 is 11.5 Å². The topological polar surface area (TPSA) is 94.2 Å². The summed E-state index contributed by atoms with van der Waals surface area (Å²) in [5.74, 6) is -1.33. The third kappa shape index (κ3) is 4.51. The normalized spacial score (nSPS) is 11.7. The Labute approximate surface area is 207 Å². The van der Waals surface area contributed by atoms with E-state index in [0.717, 1.165) is 5.56 Å². The van der Waals surface area contributed by atoms with E-state index in [9.17, 15) is 19.5 Å². The van der Waals surface area contributed by atoms with Crippen LogP contribution in [0.3, 0.4) is 0 Å². The maximum absolute atomic E-state index is 13.7. The molecule has 8 heteroatoms. The van der Waals surface area contributed by atoms with E-state index in [-0.39, 0.29) is 35.7 Å². The van der Waals surface area contributed by atoms with Crippen LogP contribution in [0.2, 0.25) is 5.02 Å². The molecule has 0 spiro atoms. The van der Waals surface area contributed by atoms with Gasteiger partial charge in [0.05, 0.1) is 23.5 Å². The highest BCUT2D eigenvalue weighted by Gasteiger charge is 2.26. The molecule has 0 atom stereocenters. The van der Waals surface area contributed by atoms with Crippen molar-refractivity contribution in [3.8, 4) is 11.1 Å². The van der Waals surface area contributed by atoms with Gasteiger partial charge in [-0.2, -0.15) is 5.10 Å². The first kappa shape index (κ1) is 24.4. The van der Waals surface area contributed by atoms with Gasteiger partial charge in [-0.1, -0.05) is 48.9 Å². The lowest BCUT2D eigenvalue weighted by molar-refractivity contribution is 0.0674. The van der Waals surface area contributed by atoms with Gasteiger partial charge in [-0.25, -0.2) is 4.79 Å². The molecule has 35 heavy (non-hydrogen) atoms. The molecule has 2 aromatic heterocycles. The van der Waals surface area contributed by atoms with Gasteiger partial charge >= 0.3 is 5.97 Å². The number of fused-ring (bicyclic) bond motifs is 1. The lowest BCUT2D eigenvalue weighted by Gasteiger charge is -2.21. The first-order valence-corrected chi connectivity index (χ1v) is 11.7. The van der Waals surface area contributed by atoms with E-state index in [2.05, 4.69) is 5.10 Å². The Balaban J connectivity index is 2.07. The van der Waals surface area contributed by atoms with Gasteiger partial charge in [0.25, 0.3) is 5.56 Å². The smallest absolute Gasteiger partial charge is 0.354 e. The second kappa shape index (κ2) is 9.15. The molecule has 2 aromatic carbocycles. The van der Waals surface area contributed by atoms with Gasteiger partial charge in [-0.3, -0.25) is 18.8 Å². The van der Waals surface area contributed by atoms with Crippen LogP contribution in [-0.2, 0) is 12.1 Å². The molecule has 0 aliphatic heterocycles. The summed E-state index contributed by atoms with van der Waals surface area (Å²) < 4.78 is 2.83. The third-order valence-corrected chi connectivity index (χ3v) is 6.05. The second-order valence-electron chi connectivity index (χ2n) is 9.36. The van der Waals surface area contributed by atoms with Crippen molar-refractivity contribution in [3.05, 3.63) is 87.1 Å². The summed E-state index contributed by atoms with van der Waals surface area (Å²) in [6.07, 6.45) is 0.183. The van der Waals surface area contributed by atoms with Crippen LogP contribution in [0.5, 0.6) is 0 Å². The molecule has 1 N–H and O–H groups in total. The minimum Gasteiger partial charge on any atom is -0.477 e. The van der Waals surface area contributed by atoms with E-state index in [0.29, 0.717) is 27.1 Å². The summed E-state index contributed by atoms with van der Waals surface area (Å²) in [6, 6.07) is 15.8. The van der Waals surface area contributed by atoms with Crippen LogP contribution in [0.4, 0.5) is 0 Å². The van der Waals surface area contributed by atoms with Crippen molar-refractivity contribution in [2.75, 3.05) is 0 Å². The molecule has 0 bridgehead atoms. The fourth-order valence-corrected chi connectivity index (χ4v) is 4.43. The maximum Gasteiger partial charge on any atom is 0.354 e. The summed E-state index contributed by atoms with van der Waals surface area (Å²) in [6.45, 7) is 7.23. The van der Waals surface area contributed by atoms with Crippen molar-refractivity contribution < 1.29 is 14.7 Å². The molecular formula is C27H26ClN3O4. The Kier molecular flexibility index (Phi) is 6.38. The first-order chi connectivity index (χ1) is 16.5. The van der Waals surface area contributed by atoms with E-state index in [4.69, 9.17) is 11.6 Å². The quantitative estimate of drug-likeness (QED) is 0.353. The Bertz CT molecular complexity index is 1510. The van der Waals surface area contributed by atoms with Crippen LogP contribution in [0.1, 0.15) is 60.8 Å². The van der Waals surface area contributed by atoms with Crippen LogP contribution in [0.15, 0.2) is 59.4 Å². The zero-order valence-corrected chi connectivity index (χ0v) is 20.8. The standard InChI is InChI=1S/C27H26ClN3O4/c1-5-22(32)24-23(16-9-7-6-8-10-16)20-13-17(28)11-12-19(20)25(33)30(24)15-18-14-21(26(34)35)31(29-18)27(2,3)4/h6-14H,5,15H2,1-4H3,(H,34,35). The number of aromatic carboxylic acids is 1. The van der Waals surface area contributed by atoms with Gasteiger partial charge in [0.15, 0.2) is 5.78 Å². The molecule has 0 aliphatic carbocycles. The number of nitrogens with zero attached hydrogens (tertiary/aromatic N) is 3. The Hall–Kier alpha value is -3.71. The van der Waals surface area contributed by atoms with Gasteiger partial charge in [0, 0.05) is 22.4 Å². The number of carboxylic acid groups (broad SMARTS) is 1. The van der Waals surface area contributed by atoms with Gasteiger partial charge in [0.2, 0.25) is 0 Å². The van der Waals surface area contributed by atoms with Crippen molar-refractivity contribution in [1.82, 2.24) is 14.3 Å². The van der Waals surface area contributed by atoms with Crippen LogP contribution >= 0.6 is 11.6 Å². The lowest BCUT2D eigenvalue weighted by Crippen LogP contribution is -2.29. The molecule has 0 aliphatic rings. The number of hydrogen-bond acceptors (Lipinski definition) is 4. The molecule has 4 rings (SSSR count). The molecule has 0 unspecified atom stereocenters. The number of ketones is 1. The van der Waals surface area contributed by atoms with Gasteiger partial charge in [0.1, 0.15) is 5.69 Å². The second-order valence-corrected chi connectivity index (χ2v) is 9.79. The largest absolute Gasteiger partial charge is 0.477 e. The summed E-state index contributed by atoms with van der Waals surface area (Å²) >= 11 is 6.30. The van der Waals surface area contributed by atoms with Crippen molar-refractivity contribution in [3.63, 3.8) is 0 Å². The first-order valence-electron chi connectivity index (χ1n) is 11.3. The summed E-state index contributed by atoms with van der Waals surface area (Å²) in [5, 5.41) is 15.7. The number of aromatic nitrogens is 3. The highest BCUT2D eigenvalue weighted by molar-refractivity contribution is 6.31. The zero-order valence-electron chi connectivity index (χ0n) is 20.0. The zero-order chi connectivity index (χ0) is 25.5. The number of pyridine rings is 1. The predicted molar refractivity (Wildman–Crippen MR) is 137 cm³/mol. The summed E-state index contributed by atoms with van der Waals surface area (Å²) in [5.41, 5.74) is 1.07. The minimum absolute atomic E-state index is 0.0137. The van der Waals surface area contributed by atoms with Gasteiger partial charge in [-0.05, 0) is 56.0 Å². The van der Waals surface area contributed by atoms with Crippen LogP contribution in [-0.4, -0.2) is 31.2 Å². The molecule has 0 saturated carbocycles. The number of hydrogen-bond donors (Lipinski definition) is 1. The number of benzene rings is 2. The van der Waals surface area contributed by atoms with Gasteiger partial charge in [-0.15, -0.1) is 0 Å². The Morgan fingerprint density at radius 2 is 1.71 bits per heavy atom. The number of carboxylic acids is 1. The number of Topliss-reactive ketones (excluding diaryl/α,β-unsaturated/α-hetero) is 1. The average Bonchev–Trinajstić information content (AvgIpc) is 3.25. The fourth-order valence-electron chi connectivity index (χ4n) is 4.26. The number of rotatable bonds is 6. The van der Waals surface area contributed by atoms with Crippen LogP contribution in [0, 0.1) is 0 Å². The molecule has 0 amide bonds. The molecule has 0 saturated heterocycles. The molecule has 0 fully saturated rings. The summed E-state index contributed by atoms with van der Waals surface area (Å²) in [4.78, 5) is 38.9. The Morgan fingerprint density at radius 3 is 2.29 bits per heavy atom. The molecular weight excluding hydrogens is 466 g/mol. The molecule has 7 nitrogen and oxygen atoms in total. The SMILES string of the molecule is CCC(=O)c1c(-c2ccccc2)c2cc(Cl)ccc2c(=O)n1Cc1cc(C(=O)O)n(C(C)(C)C)n1. The molecule has 0 radical (unpaired) electrons. The van der Waals surface area contributed by atoms with Crippen molar-refractivity contribution in [2.45, 2.75) is 46.2 Å². The maximum atomic E-state index is 13.7. The number of carbonyl (C=O) groups is 2. The fraction of sp³-hybridized carbons (Fsp3) is 0.259. The summed E-state index contributed by atoms with van der Waals surface area (Å²) in [7, 11) is 0. The number of halogens is 1. The average molecular weight is 492 g/mol. The predicted octanol–water partition coefficient (Wildman–Crippen LogP) is 5.61. The van der Waals surface area contributed by atoms with Crippen LogP contribution in [0.25, 0.3) is 21.9 Å². The molecule has 4 aromatic rings. The van der Waals surface area contributed by atoms with Gasteiger partial charge < -0.3 is 5.11 Å². The van der Waals surface area contributed by atoms with E-state index in [1.54, 1.807) is 25.1 Å². The van der Waals surface area contributed by atoms with Crippen molar-refractivity contribution in [1.29, 1.82) is 0 Å². The third-order valence-electron chi connectivity index (χ3n) is 5.82. The monoisotopic (exact) mass is 491 g/mol. The molecule has 180 valence electrons. The highest BCUT2D eigenvalue weighted by atomic mass is 35.5. The van der Waals surface area contributed by atoms with E-state index >= 15 is 0 Å². The molecule has 2 heterocycles. The highest BCUT2D eigenvalue weighted by Crippen LogP contribution is 2.33. The van der Waals surface area contributed by atoms with Crippen molar-refractivity contribution >= 4 is 34.1 Å². The minimum atomic E-state index is -1.12. The van der Waals surface area contributed by atoms with Crippen molar-refractivity contribution in [2.24, 2.45) is 0 Å². The lowest BCUT2D eigenvalue weighted by atomic mass is 9.94. The van der Waals surface area contributed by atoms with E-state index in [1.807, 2.05) is 51.1 Å². The number of carbonyl (C=O) groups excluding carboxylic acids is 1. The van der Waals surface area contributed by atoms with Crippen LogP contribution < -0.4 is 5.56 Å².